The van der Waals surface area contributed by atoms with E-state index in [4.69, 9.17) is 0 Å². The molecule has 0 atom stereocenters. The van der Waals surface area contributed by atoms with Gasteiger partial charge in [-0.25, -0.2) is 0 Å². The van der Waals surface area contributed by atoms with Gasteiger partial charge in [-0.3, -0.25) is 0 Å². The number of thioether (sulfide) groups is 2. The van der Waals surface area contributed by atoms with Crippen LogP contribution in [-0.4, -0.2) is 50.0 Å². The van der Waals surface area contributed by atoms with Gasteiger partial charge >= 0.3 is 0 Å². The van der Waals surface area contributed by atoms with Crippen molar-refractivity contribution in [2.45, 2.75) is 0 Å². The molecule has 0 radical (unpaired) electrons. The SMILES string of the molecule is CSC#Cc1ccc(-c2cc(-c3ccc(C#CS(C)(C)C)s3)sc2-c2sc(-c3ccc(C#CS(C)(C)C)s3)cc2-c2ccc(C#CSC)s2)s1. The monoisotopic (exact) mass is 834 g/mol. The molecule has 0 aliphatic rings. The molecule has 6 rings (SSSR count). The lowest BCUT2D eigenvalue weighted by Gasteiger charge is -2.14. The average molecular weight is 835 g/mol. The minimum atomic E-state index is -0.897. The van der Waals surface area contributed by atoms with E-state index >= 15 is 0 Å². The van der Waals surface area contributed by atoms with Crippen molar-refractivity contribution in [1.82, 2.24) is 0 Å². The summed E-state index contributed by atoms with van der Waals surface area (Å²) in [6.07, 6.45) is 17.5. The quantitative estimate of drug-likeness (QED) is 0.159. The van der Waals surface area contributed by atoms with Crippen molar-refractivity contribution in [2.24, 2.45) is 0 Å². The third-order valence-electron chi connectivity index (χ3n) is 6.62. The van der Waals surface area contributed by atoms with E-state index in [0.29, 0.717) is 0 Å². The zero-order valence-electron chi connectivity index (χ0n) is 28.9. The predicted octanol–water partition coefficient (Wildman–Crippen LogP) is 13.7. The summed E-state index contributed by atoms with van der Waals surface area (Å²) in [4.78, 5) is 14.5. The molecule has 0 aromatic carbocycles. The minimum absolute atomic E-state index is 0.897. The Morgan fingerprint density at radius 3 is 1.12 bits per heavy atom. The normalized spacial score (nSPS) is 11.8. The Morgan fingerprint density at radius 2 is 0.760 bits per heavy atom. The van der Waals surface area contributed by atoms with Crippen LogP contribution >= 0.6 is 112 Å². The topological polar surface area (TPSA) is 0 Å². The van der Waals surface area contributed by atoms with Gasteiger partial charge in [-0.15, -0.1) is 68.0 Å². The lowest BCUT2D eigenvalue weighted by atomic mass is 10.1. The van der Waals surface area contributed by atoms with E-state index in [9.17, 15) is 0 Å². The van der Waals surface area contributed by atoms with Crippen LogP contribution in [0.2, 0.25) is 0 Å². The molecule has 0 aliphatic carbocycles. The molecule has 0 unspecified atom stereocenters. The molecular weight excluding hydrogens is 801 g/mol. The fourth-order valence-corrected chi connectivity index (χ4v) is 12.3. The Kier molecular flexibility index (Phi) is 12.2. The highest BCUT2D eigenvalue weighted by Crippen LogP contribution is 2.54. The van der Waals surface area contributed by atoms with Crippen molar-refractivity contribution >= 4 is 112 Å². The van der Waals surface area contributed by atoms with Gasteiger partial charge in [0.15, 0.2) is 0 Å². The van der Waals surface area contributed by atoms with Crippen LogP contribution in [0, 0.1) is 44.7 Å². The summed E-state index contributed by atoms with van der Waals surface area (Å²) in [5.41, 5.74) is 2.51. The molecule has 0 spiro atoms. The van der Waals surface area contributed by atoms with Crippen LogP contribution in [0.1, 0.15) is 19.5 Å². The van der Waals surface area contributed by atoms with Crippen LogP contribution in [0.5, 0.6) is 0 Å². The van der Waals surface area contributed by atoms with E-state index in [2.05, 4.69) is 143 Å². The van der Waals surface area contributed by atoms with Gasteiger partial charge in [0.1, 0.15) is 0 Å². The zero-order valence-corrected chi connectivity index (χ0v) is 37.0. The largest absolute Gasteiger partial charge is 0.186 e. The maximum Gasteiger partial charge on any atom is 0.0784 e. The summed E-state index contributed by atoms with van der Waals surface area (Å²) >= 11 is 14.0. The summed E-state index contributed by atoms with van der Waals surface area (Å²) in [6, 6.07) is 22.4. The Morgan fingerprint density at radius 1 is 0.420 bits per heavy atom. The zero-order chi connectivity index (χ0) is 35.5. The molecule has 6 heterocycles. The van der Waals surface area contributed by atoms with Gasteiger partial charge in [-0.1, -0.05) is 23.5 Å². The van der Waals surface area contributed by atoms with E-state index in [0.717, 1.165) is 19.5 Å². The maximum atomic E-state index is 3.49. The second-order valence-corrected chi connectivity index (χ2v) is 27.8. The van der Waals surface area contributed by atoms with Crippen LogP contribution in [0.25, 0.3) is 50.1 Å². The number of thiophene rings is 6. The van der Waals surface area contributed by atoms with Gasteiger partial charge in [-0.2, -0.15) is 20.1 Å². The van der Waals surface area contributed by atoms with Gasteiger partial charge in [0.05, 0.1) is 29.3 Å². The number of rotatable bonds is 5. The van der Waals surface area contributed by atoms with Crippen LogP contribution in [-0.2, 0) is 0 Å². The van der Waals surface area contributed by atoms with Crippen LogP contribution in [0.4, 0.5) is 0 Å². The molecule has 0 amide bonds. The van der Waals surface area contributed by atoms with Crippen molar-refractivity contribution in [3.63, 3.8) is 0 Å². The predicted molar refractivity (Wildman–Crippen MR) is 246 cm³/mol. The smallest absolute Gasteiger partial charge is 0.0784 e. The molecule has 0 aliphatic heterocycles. The van der Waals surface area contributed by atoms with Crippen molar-refractivity contribution in [3.05, 3.63) is 80.2 Å². The molecule has 50 heavy (non-hydrogen) atoms. The highest BCUT2D eigenvalue weighted by molar-refractivity contribution is 8.36. The fourth-order valence-electron chi connectivity index (χ4n) is 4.51. The Bertz CT molecular complexity index is 2230. The maximum absolute atomic E-state index is 3.49. The highest BCUT2D eigenvalue weighted by Gasteiger charge is 2.23. The van der Waals surface area contributed by atoms with Gasteiger partial charge in [0, 0.05) is 40.4 Å². The van der Waals surface area contributed by atoms with E-state index in [1.165, 1.54) is 50.1 Å². The molecule has 0 fully saturated rings. The first-order valence-electron chi connectivity index (χ1n) is 15.1. The number of hydrogen-bond acceptors (Lipinski definition) is 8. The summed E-state index contributed by atoms with van der Waals surface area (Å²) in [6.45, 7) is 0. The minimum Gasteiger partial charge on any atom is -0.186 e. The first-order chi connectivity index (χ1) is 23.9. The van der Waals surface area contributed by atoms with Gasteiger partial charge in [0.25, 0.3) is 0 Å². The van der Waals surface area contributed by atoms with E-state index in [1.54, 1.807) is 68.9 Å². The van der Waals surface area contributed by atoms with Crippen molar-refractivity contribution in [1.29, 1.82) is 0 Å². The molecule has 254 valence electrons. The molecule has 0 bridgehead atoms. The molecule has 0 saturated carbocycles. The van der Waals surface area contributed by atoms with E-state index in [-0.39, 0.29) is 0 Å². The summed E-state index contributed by atoms with van der Waals surface area (Å²) < 4.78 is 0. The van der Waals surface area contributed by atoms with Crippen LogP contribution in [0.15, 0.2) is 60.7 Å². The van der Waals surface area contributed by atoms with Gasteiger partial charge in [0.2, 0.25) is 0 Å². The molecule has 6 aromatic heterocycles. The summed E-state index contributed by atoms with van der Waals surface area (Å²) in [7, 11) is -1.79. The van der Waals surface area contributed by atoms with E-state index in [1.807, 2.05) is 35.2 Å². The van der Waals surface area contributed by atoms with E-state index < -0.39 is 20.1 Å². The summed E-state index contributed by atoms with van der Waals surface area (Å²) in [5, 5.41) is 13.3. The molecule has 0 N–H and O–H groups in total. The van der Waals surface area contributed by atoms with Crippen molar-refractivity contribution in [2.75, 3.05) is 50.0 Å². The first-order valence-corrected chi connectivity index (χ1v) is 28.1. The third kappa shape index (κ3) is 9.63. The number of hydrogen-bond donors (Lipinski definition) is 0. The molecule has 6 aromatic rings. The second kappa shape index (κ2) is 16.2. The Labute approximate surface area is 333 Å². The van der Waals surface area contributed by atoms with Crippen molar-refractivity contribution in [3.8, 4) is 94.8 Å². The van der Waals surface area contributed by atoms with Crippen LogP contribution < -0.4 is 0 Å². The third-order valence-corrected chi connectivity index (χ3v) is 15.6. The lowest BCUT2D eigenvalue weighted by molar-refractivity contribution is 1.82. The van der Waals surface area contributed by atoms with Gasteiger partial charge in [-0.05, 0) is 155 Å². The highest BCUT2D eigenvalue weighted by atomic mass is 32.3. The van der Waals surface area contributed by atoms with Crippen molar-refractivity contribution < 1.29 is 0 Å². The fraction of sp³-hybridized carbons (Fsp3) is 0.200. The average Bonchev–Trinajstić information content (AvgIpc) is 3.90. The standard InChI is InChI=1S/C40H34S10/c1-41-21-17-27-9-13-33(43-27)31-25-37(35-15-11-29(45-35)19-23-49(3,4)5)47-39(31)40-32(34-14-10-28(44-34)18-22-42-2)26-38(48-40)36-16-12-30(46-36)20-24-50(6,7)8/h9-16,25-26H,1-8H3. The summed E-state index contributed by atoms with van der Waals surface area (Å²) in [5.74, 6) is 13.5. The molecular formula is C40H34S10. The van der Waals surface area contributed by atoms with Crippen LogP contribution in [0.3, 0.4) is 0 Å². The molecule has 0 nitrogen and oxygen atoms in total. The Hall–Kier alpha value is -2.16. The van der Waals surface area contributed by atoms with Gasteiger partial charge < -0.3 is 0 Å². The Balaban J connectivity index is 1.53. The first kappa shape index (κ1) is 37.6. The molecule has 10 heteroatoms. The lowest BCUT2D eigenvalue weighted by Crippen LogP contribution is -1.84. The second-order valence-electron chi connectivity index (χ2n) is 12.4. The molecule has 0 saturated heterocycles.